The fraction of sp³-hybridized carbons (Fsp3) is 0.318. The Morgan fingerprint density at radius 3 is 2.72 bits per heavy atom. The number of aromatic nitrogens is 3. The van der Waals surface area contributed by atoms with Gasteiger partial charge in [-0.1, -0.05) is 24.1 Å². The van der Waals surface area contributed by atoms with Crippen LogP contribution < -0.4 is 20.3 Å². The highest BCUT2D eigenvalue weighted by molar-refractivity contribution is 7.99. The minimum absolute atomic E-state index is 0.0114. The van der Waals surface area contributed by atoms with Crippen LogP contribution in [0.5, 0.6) is 5.88 Å². The Balaban J connectivity index is 1.55. The highest BCUT2D eigenvalue weighted by Gasteiger charge is 2.44. The van der Waals surface area contributed by atoms with E-state index in [-0.39, 0.29) is 16.9 Å². The summed E-state index contributed by atoms with van der Waals surface area (Å²) in [5.41, 5.74) is 1.79. The zero-order valence-electron chi connectivity index (χ0n) is 17.7. The lowest BCUT2D eigenvalue weighted by atomic mass is 10.1. The Hall–Kier alpha value is -3.42. The van der Waals surface area contributed by atoms with Crippen LogP contribution in [0.1, 0.15) is 34.3 Å². The van der Waals surface area contributed by atoms with Gasteiger partial charge in [0, 0.05) is 13.6 Å². The van der Waals surface area contributed by atoms with E-state index in [0.717, 1.165) is 18.4 Å². The average molecular weight is 451 g/mol. The van der Waals surface area contributed by atoms with Crippen molar-refractivity contribution in [2.75, 3.05) is 13.7 Å². The summed E-state index contributed by atoms with van der Waals surface area (Å²) in [6.07, 6.45) is 3.46. The van der Waals surface area contributed by atoms with E-state index in [1.165, 1.54) is 17.0 Å². The summed E-state index contributed by atoms with van der Waals surface area (Å²) in [4.78, 5) is 34.1. The highest BCUT2D eigenvalue weighted by atomic mass is 32.2. The van der Waals surface area contributed by atoms with Crippen LogP contribution in [0, 0.1) is 11.3 Å². The standard InChI is InChI=1S/C22H22N6O3S/c1-24-32-22(7-8-22)12-31-20-18-17(26-13-27-20)9-16(21(30)28(18)2)19(29)25-11-15-5-3-14(10-23)4-6-15/h3-6,9,13,24H,7-8,11-12H2,1-2H3,(H,25,29). The Bertz CT molecular complexity index is 1260. The molecule has 1 aliphatic rings. The number of nitriles is 1. The molecule has 3 aromatic rings. The predicted molar refractivity (Wildman–Crippen MR) is 121 cm³/mol. The quantitative estimate of drug-likeness (QED) is 0.499. The first-order valence-corrected chi connectivity index (χ1v) is 10.9. The lowest BCUT2D eigenvalue weighted by Gasteiger charge is -2.16. The smallest absolute Gasteiger partial charge is 0.263 e. The summed E-state index contributed by atoms with van der Waals surface area (Å²) in [6.45, 7) is 0.695. The number of amides is 1. The van der Waals surface area contributed by atoms with Crippen molar-refractivity contribution < 1.29 is 9.53 Å². The van der Waals surface area contributed by atoms with Crippen LogP contribution in [0.2, 0.25) is 0 Å². The van der Waals surface area contributed by atoms with Crippen LogP contribution in [-0.2, 0) is 13.6 Å². The van der Waals surface area contributed by atoms with Crippen molar-refractivity contribution in [2.24, 2.45) is 7.05 Å². The molecular formula is C22H22N6O3S. The molecule has 0 saturated heterocycles. The van der Waals surface area contributed by atoms with Crippen LogP contribution in [0.25, 0.3) is 11.0 Å². The molecule has 0 radical (unpaired) electrons. The molecule has 1 saturated carbocycles. The number of hydrogen-bond donors (Lipinski definition) is 2. The minimum Gasteiger partial charge on any atom is -0.475 e. The molecule has 9 nitrogen and oxygen atoms in total. The van der Waals surface area contributed by atoms with Crippen molar-refractivity contribution in [1.82, 2.24) is 24.6 Å². The van der Waals surface area contributed by atoms with Crippen molar-refractivity contribution in [1.29, 1.82) is 5.26 Å². The number of ether oxygens (including phenoxy) is 1. The van der Waals surface area contributed by atoms with E-state index in [1.807, 2.05) is 13.1 Å². The number of carbonyl (C=O) groups is 1. The Morgan fingerprint density at radius 2 is 2.06 bits per heavy atom. The van der Waals surface area contributed by atoms with E-state index < -0.39 is 11.5 Å². The second-order valence-electron chi connectivity index (χ2n) is 7.60. The maximum atomic E-state index is 12.9. The van der Waals surface area contributed by atoms with Crippen LogP contribution in [0.3, 0.4) is 0 Å². The van der Waals surface area contributed by atoms with E-state index in [0.29, 0.717) is 29.1 Å². The van der Waals surface area contributed by atoms with Gasteiger partial charge in [-0.15, -0.1) is 0 Å². The number of aryl methyl sites for hydroxylation is 1. The van der Waals surface area contributed by atoms with Crippen molar-refractivity contribution in [3.63, 3.8) is 0 Å². The summed E-state index contributed by atoms with van der Waals surface area (Å²) < 4.78 is 10.4. The molecule has 4 rings (SSSR count). The maximum absolute atomic E-state index is 12.9. The monoisotopic (exact) mass is 450 g/mol. The Labute approximate surface area is 189 Å². The molecule has 1 aromatic carbocycles. The fourth-order valence-corrected chi connectivity index (χ4v) is 4.21. The van der Waals surface area contributed by atoms with E-state index in [4.69, 9.17) is 10.00 Å². The molecule has 2 heterocycles. The zero-order chi connectivity index (χ0) is 22.7. The number of benzene rings is 1. The average Bonchev–Trinajstić information content (AvgIpc) is 3.58. The van der Waals surface area contributed by atoms with Gasteiger partial charge in [-0.05, 0) is 43.7 Å². The van der Waals surface area contributed by atoms with Gasteiger partial charge in [0.15, 0.2) is 0 Å². The van der Waals surface area contributed by atoms with Gasteiger partial charge in [0.05, 0.1) is 21.9 Å². The van der Waals surface area contributed by atoms with Crippen LogP contribution in [0.15, 0.2) is 41.5 Å². The molecule has 1 fully saturated rings. The first-order chi connectivity index (χ1) is 15.5. The molecule has 1 aliphatic carbocycles. The molecule has 32 heavy (non-hydrogen) atoms. The third kappa shape index (κ3) is 4.44. The molecule has 0 aliphatic heterocycles. The van der Waals surface area contributed by atoms with Gasteiger partial charge in [0.25, 0.3) is 11.5 Å². The normalized spacial score (nSPS) is 14.0. The van der Waals surface area contributed by atoms with Gasteiger partial charge in [-0.25, -0.2) is 4.98 Å². The van der Waals surface area contributed by atoms with Gasteiger partial charge in [0.2, 0.25) is 5.88 Å². The summed E-state index contributed by atoms with van der Waals surface area (Å²) in [6, 6.07) is 10.4. The minimum atomic E-state index is -0.500. The Morgan fingerprint density at radius 1 is 1.31 bits per heavy atom. The van der Waals surface area contributed by atoms with E-state index in [9.17, 15) is 9.59 Å². The van der Waals surface area contributed by atoms with E-state index >= 15 is 0 Å². The molecule has 2 N–H and O–H groups in total. The zero-order valence-corrected chi connectivity index (χ0v) is 18.5. The van der Waals surface area contributed by atoms with Crippen molar-refractivity contribution >= 4 is 28.9 Å². The first-order valence-electron chi connectivity index (χ1n) is 10.1. The van der Waals surface area contributed by atoms with Crippen LogP contribution in [-0.4, -0.2) is 38.8 Å². The third-order valence-corrected chi connectivity index (χ3v) is 6.51. The topological polar surface area (TPSA) is 122 Å². The van der Waals surface area contributed by atoms with Gasteiger partial charge in [-0.2, -0.15) is 10.2 Å². The molecule has 2 aromatic heterocycles. The van der Waals surface area contributed by atoms with Crippen LogP contribution >= 0.6 is 11.9 Å². The number of fused-ring (bicyclic) bond motifs is 1. The summed E-state index contributed by atoms with van der Waals surface area (Å²) >= 11 is 1.63. The molecule has 0 unspecified atom stereocenters. The maximum Gasteiger partial charge on any atom is 0.263 e. The largest absolute Gasteiger partial charge is 0.475 e. The number of pyridine rings is 1. The highest BCUT2D eigenvalue weighted by Crippen LogP contribution is 2.47. The van der Waals surface area contributed by atoms with Crippen molar-refractivity contribution in [2.45, 2.75) is 24.1 Å². The number of carbonyl (C=O) groups excluding carboxylic acids is 1. The SMILES string of the molecule is CNSC1(COc2ncnc3cc(C(=O)NCc4ccc(C#N)cc4)c(=O)n(C)c23)CC1. The lowest BCUT2D eigenvalue weighted by molar-refractivity contribution is 0.0949. The van der Waals surface area contributed by atoms with Gasteiger partial charge in [-0.3, -0.25) is 14.3 Å². The fourth-order valence-electron chi connectivity index (χ4n) is 3.35. The number of nitrogens with one attached hydrogen (secondary N) is 2. The van der Waals surface area contributed by atoms with Gasteiger partial charge >= 0.3 is 0 Å². The second-order valence-corrected chi connectivity index (χ2v) is 9.08. The van der Waals surface area contributed by atoms with E-state index in [2.05, 4.69) is 20.0 Å². The summed E-state index contributed by atoms with van der Waals surface area (Å²) in [5, 5.41) is 11.6. The third-order valence-electron chi connectivity index (χ3n) is 5.35. The molecular weight excluding hydrogens is 428 g/mol. The van der Waals surface area contributed by atoms with E-state index in [1.54, 1.807) is 43.3 Å². The van der Waals surface area contributed by atoms with Gasteiger partial charge < -0.3 is 14.6 Å². The van der Waals surface area contributed by atoms with Gasteiger partial charge in [0.1, 0.15) is 24.0 Å². The predicted octanol–water partition coefficient (Wildman–Crippen LogP) is 1.91. The Kier molecular flexibility index (Phi) is 6.12. The molecule has 0 atom stereocenters. The molecule has 1 amide bonds. The number of rotatable bonds is 8. The first kappa shape index (κ1) is 21.8. The molecule has 0 bridgehead atoms. The summed E-state index contributed by atoms with van der Waals surface area (Å²) in [5.74, 6) is -0.178. The molecule has 10 heteroatoms. The molecule has 164 valence electrons. The number of hydrogen-bond acceptors (Lipinski definition) is 8. The number of nitrogens with zero attached hydrogens (tertiary/aromatic N) is 4. The van der Waals surface area contributed by atoms with Crippen molar-refractivity contribution in [3.8, 4) is 11.9 Å². The summed E-state index contributed by atoms with van der Waals surface area (Å²) in [7, 11) is 3.45. The second kappa shape index (κ2) is 8.98. The van der Waals surface area contributed by atoms with Crippen LogP contribution in [0.4, 0.5) is 0 Å². The van der Waals surface area contributed by atoms with Crippen molar-refractivity contribution in [3.05, 3.63) is 63.7 Å². The lowest BCUT2D eigenvalue weighted by Crippen LogP contribution is -2.32. The molecule has 0 spiro atoms.